The Morgan fingerprint density at radius 3 is 2.19 bits per heavy atom. The fourth-order valence-electron chi connectivity index (χ4n) is 3.62. The summed E-state index contributed by atoms with van der Waals surface area (Å²) in [5.74, 6) is 1.06. The molecule has 0 aliphatic rings. The standard InChI is InChI=1S/C30H35NO6/c1-33-19-20-35-22-36-27-17-14-23(21-28(27)34-2)13-15-26(32)16-18-29(31)37-30(24-9-5-3-6-10-24)25-11-7-4-8-12-25/h3-15,17,21,29-30H,16,18-20,22,31H2,1-2H3. The van der Waals surface area contributed by atoms with Crippen LogP contribution in [0.15, 0.2) is 84.9 Å². The third-order valence-corrected chi connectivity index (χ3v) is 5.57. The van der Waals surface area contributed by atoms with Crippen LogP contribution >= 0.6 is 0 Å². The SMILES string of the molecule is COCCOCOc1ccc(C=CC(=O)CCC(N)OC(c2ccccc2)c2ccccc2)cc1OC. The molecule has 7 heteroatoms. The van der Waals surface area contributed by atoms with Gasteiger partial charge in [-0.15, -0.1) is 0 Å². The van der Waals surface area contributed by atoms with E-state index >= 15 is 0 Å². The average molecular weight is 506 g/mol. The van der Waals surface area contributed by atoms with Crippen LogP contribution in [0.1, 0.15) is 35.6 Å². The molecule has 7 nitrogen and oxygen atoms in total. The van der Waals surface area contributed by atoms with Crippen molar-refractivity contribution in [3.05, 3.63) is 102 Å². The van der Waals surface area contributed by atoms with Gasteiger partial charge in [0, 0.05) is 13.5 Å². The third-order valence-electron chi connectivity index (χ3n) is 5.57. The molecule has 3 aromatic rings. The van der Waals surface area contributed by atoms with Gasteiger partial charge in [0.25, 0.3) is 0 Å². The van der Waals surface area contributed by atoms with E-state index in [1.54, 1.807) is 38.5 Å². The molecule has 0 aliphatic heterocycles. The predicted octanol–water partition coefficient (Wildman–Crippen LogP) is 5.15. The first-order valence-corrected chi connectivity index (χ1v) is 12.2. The lowest BCUT2D eigenvalue weighted by molar-refractivity contribution is -0.115. The van der Waals surface area contributed by atoms with Gasteiger partial charge in [-0.2, -0.15) is 0 Å². The first kappa shape index (κ1) is 28.1. The number of allylic oxidation sites excluding steroid dienone is 1. The lowest BCUT2D eigenvalue weighted by Gasteiger charge is -2.23. The monoisotopic (exact) mass is 505 g/mol. The molecule has 0 aliphatic carbocycles. The predicted molar refractivity (Wildman–Crippen MR) is 143 cm³/mol. The number of hydrogen-bond acceptors (Lipinski definition) is 7. The van der Waals surface area contributed by atoms with E-state index in [-0.39, 0.29) is 25.1 Å². The minimum absolute atomic E-state index is 0.0409. The van der Waals surface area contributed by atoms with Crippen molar-refractivity contribution in [1.82, 2.24) is 0 Å². The van der Waals surface area contributed by atoms with E-state index in [9.17, 15) is 4.79 Å². The number of ether oxygens (including phenoxy) is 5. The van der Waals surface area contributed by atoms with E-state index < -0.39 is 6.23 Å². The molecular formula is C30H35NO6. The van der Waals surface area contributed by atoms with Crippen LogP contribution in [0.3, 0.4) is 0 Å². The quantitative estimate of drug-likeness (QED) is 0.164. The normalized spacial score (nSPS) is 12.1. The van der Waals surface area contributed by atoms with Gasteiger partial charge in [-0.1, -0.05) is 72.8 Å². The minimum atomic E-state index is -0.592. The van der Waals surface area contributed by atoms with Gasteiger partial charge in [-0.05, 0) is 41.3 Å². The molecule has 0 fully saturated rings. The maximum Gasteiger partial charge on any atom is 0.189 e. The molecule has 1 unspecified atom stereocenters. The van der Waals surface area contributed by atoms with Crippen LogP contribution in [-0.4, -0.2) is 46.2 Å². The molecule has 1 atom stereocenters. The third kappa shape index (κ3) is 9.48. The number of hydrogen-bond donors (Lipinski definition) is 1. The number of ketones is 1. The summed E-state index contributed by atoms with van der Waals surface area (Å²) < 4.78 is 27.4. The van der Waals surface area contributed by atoms with E-state index in [1.807, 2.05) is 66.7 Å². The number of methoxy groups -OCH3 is 2. The Morgan fingerprint density at radius 2 is 1.57 bits per heavy atom. The summed E-state index contributed by atoms with van der Waals surface area (Å²) in [7, 11) is 3.17. The van der Waals surface area contributed by atoms with E-state index in [2.05, 4.69) is 0 Å². The summed E-state index contributed by atoms with van der Waals surface area (Å²) in [6.07, 6.45) is 3.06. The van der Waals surface area contributed by atoms with Crippen molar-refractivity contribution in [1.29, 1.82) is 0 Å². The molecule has 3 aromatic carbocycles. The summed E-state index contributed by atoms with van der Waals surface area (Å²) in [5, 5.41) is 0. The fourth-order valence-corrected chi connectivity index (χ4v) is 3.62. The molecule has 37 heavy (non-hydrogen) atoms. The van der Waals surface area contributed by atoms with Gasteiger partial charge in [-0.25, -0.2) is 0 Å². The molecule has 3 rings (SSSR count). The Balaban J connectivity index is 1.52. The molecule has 0 saturated heterocycles. The number of carbonyl (C=O) groups is 1. The summed E-state index contributed by atoms with van der Waals surface area (Å²) in [4.78, 5) is 12.5. The van der Waals surface area contributed by atoms with Crippen LogP contribution < -0.4 is 15.2 Å². The van der Waals surface area contributed by atoms with Crippen molar-refractivity contribution in [2.75, 3.05) is 34.2 Å². The molecule has 0 spiro atoms. The molecule has 2 N–H and O–H groups in total. The van der Waals surface area contributed by atoms with Gasteiger partial charge >= 0.3 is 0 Å². The van der Waals surface area contributed by atoms with Crippen molar-refractivity contribution in [3.63, 3.8) is 0 Å². The van der Waals surface area contributed by atoms with Gasteiger partial charge in [-0.3, -0.25) is 4.79 Å². The highest BCUT2D eigenvalue weighted by Gasteiger charge is 2.18. The van der Waals surface area contributed by atoms with E-state index in [4.69, 9.17) is 29.4 Å². The number of carbonyl (C=O) groups excluding carboxylic acids is 1. The summed E-state index contributed by atoms with van der Waals surface area (Å²) >= 11 is 0. The number of benzene rings is 3. The summed E-state index contributed by atoms with van der Waals surface area (Å²) in [6.45, 7) is 1.02. The van der Waals surface area contributed by atoms with E-state index in [1.165, 1.54) is 0 Å². The second-order valence-electron chi connectivity index (χ2n) is 8.29. The highest BCUT2D eigenvalue weighted by atomic mass is 16.7. The van der Waals surface area contributed by atoms with Crippen molar-refractivity contribution in [3.8, 4) is 11.5 Å². The Kier molecular flexibility index (Phi) is 11.8. The molecule has 0 heterocycles. The van der Waals surface area contributed by atoms with Crippen LogP contribution in [0.4, 0.5) is 0 Å². The van der Waals surface area contributed by atoms with Gasteiger partial charge in [0.05, 0.1) is 20.3 Å². The zero-order chi connectivity index (χ0) is 26.3. The Labute approximate surface area is 218 Å². The highest BCUT2D eigenvalue weighted by Crippen LogP contribution is 2.29. The van der Waals surface area contributed by atoms with Crippen molar-refractivity contribution in [2.24, 2.45) is 5.73 Å². The first-order chi connectivity index (χ1) is 18.1. The smallest absolute Gasteiger partial charge is 0.189 e. The topological polar surface area (TPSA) is 89.2 Å². The first-order valence-electron chi connectivity index (χ1n) is 12.2. The Hall–Kier alpha value is -3.49. The molecule has 0 radical (unpaired) electrons. The molecule has 0 bridgehead atoms. The van der Waals surface area contributed by atoms with Crippen LogP contribution in [0.25, 0.3) is 6.08 Å². The second-order valence-corrected chi connectivity index (χ2v) is 8.29. The largest absolute Gasteiger partial charge is 0.493 e. The van der Waals surface area contributed by atoms with Crippen LogP contribution in [-0.2, 0) is 19.0 Å². The van der Waals surface area contributed by atoms with Gasteiger partial charge < -0.3 is 29.4 Å². The van der Waals surface area contributed by atoms with Crippen molar-refractivity contribution >= 4 is 11.9 Å². The highest BCUT2D eigenvalue weighted by molar-refractivity contribution is 5.93. The molecule has 196 valence electrons. The molecule has 0 saturated carbocycles. The minimum Gasteiger partial charge on any atom is -0.493 e. The lowest BCUT2D eigenvalue weighted by Crippen LogP contribution is -2.27. The van der Waals surface area contributed by atoms with Gasteiger partial charge in [0.2, 0.25) is 0 Å². The lowest BCUT2D eigenvalue weighted by atomic mass is 10.0. The summed E-state index contributed by atoms with van der Waals surface area (Å²) in [6, 6.07) is 25.3. The maximum atomic E-state index is 12.5. The van der Waals surface area contributed by atoms with Crippen molar-refractivity contribution < 1.29 is 28.5 Å². The van der Waals surface area contributed by atoms with Crippen LogP contribution in [0.5, 0.6) is 11.5 Å². The molecule has 0 aromatic heterocycles. The Bertz CT molecular complexity index is 1060. The van der Waals surface area contributed by atoms with Crippen LogP contribution in [0.2, 0.25) is 0 Å². The Morgan fingerprint density at radius 1 is 0.892 bits per heavy atom. The zero-order valence-corrected chi connectivity index (χ0v) is 21.4. The van der Waals surface area contributed by atoms with E-state index in [0.29, 0.717) is 31.1 Å². The second kappa shape index (κ2) is 15.6. The number of rotatable bonds is 16. The fraction of sp³-hybridized carbons (Fsp3) is 0.300. The average Bonchev–Trinajstić information content (AvgIpc) is 2.94. The molecule has 0 amide bonds. The van der Waals surface area contributed by atoms with Crippen LogP contribution in [0, 0.1) is 0 Å². The van der Waals surface area contributed by atoms with Gasteiger partial charge in [0.1, 0.15) is 12.3 Å². The zero-order valence-electron chi connectivity index (χ0n) is 21.4. The van der Waals surface area contributed by atoms with E-state index in [0.717, 1.165) is 16.7 Å². The van der Waals surface area contributed by atoms with Gasteiger partial charge in [0.15, 0.2) is 24.1 Å². The number of nitrogens with two attached hydrogens (primary N) is 1. The van der Waals surface area contributed by atoms with Crippen molar-refractivity contribution in [2.45, 2.75) is 25.2 Å². The maximum absolute atomic E-state index is 12.5. The summed E-state index contributed by atoms with van der Waals surface area (Å²) in [5.41, 5.74) is 9.12. The molecular weight excluding hydrogens is 470 g/mol.